The molecule has 0 rings (SSSR count). The average Bonchev–Trinajstić information content (AvgIpc) is 2.02. The van der Waals surface area contributed by atoms with E-state index in [-0.39, 0.29) is 10.8 Å². The summed E-state index contributed by atoms with van der Waals surface area (Å²) in [7, 11) is 3.79. The number of hydrogen-bond acceptors (Lipinski definition) is 2. The summed E-state index contributed by atoms with van der Waals surface area (Å²) in [6, 6.07) is 0. The van der Waals surface area contributed by atoms with Crippen molar-refractivity contribution in [2.45, 2.75) is 34.1 Å². The zero-order chi connectivity index (χ0) is 10.5. The quantitative estimate of drug-likeness (QED) is 0.713. The highest BCUT2D eigenvalue weighted by Crippen LogP contribution is 2.41. The number of methoxy groups -OCH3 is 1. The summed E-state index contributed by atoms with van der Waals surface area (Å²) in [5, 5.41) is 3.27. The maximum Gasteiger partial charge on any atom is 0.0535 e. The van der Waals surface area contributed by atoms with Crippen LogP contribution in [0.4, 0.5) is 0 Å². The molecule has 0 aromatic rings. The zero-order valence-electron chi connectivity index (χ0n) is 10.0. The fraction of sp³-hybridized carbons (Fsp3) is 1.00. The standard InChI is InChI=1S/C11H25NO/c1-7-11(8-12-5,9-13-6)10(2,3)4/h12H,7-9H2,1-6H3. The van der Waals surface area contributed by atoms with Crippen molar-refractivity contribution in [2.24, 2.45) is 10.8 Å². The molecule has 0 saturated heterocycles. The molecule has 0 aromatic heterocycles. The van der Waals surface area contributed by atoms with E-state index in [0.717, 1.165) is 19.6 Å². The molecule has 1 atom stereocenters. The van der Waals surface area contributed by atoms with Crippen LogP contribution in [0.5, 0.6) is 0 Å². The second kappa shape index (κ2) is 4.97. The molecule has 0 amide bonds. The molecule has 0 aromatic carbocycles. The molecule has 0 bridgehead atoms. The lowest BCUT2D eigenvalue weighted by Gasteiger charge is -2.44. The molecule has 0 aliphatic carbocycles. The molecule has 2 heteroatoms. The van der Waals surface area contributed by atoms with Crippen LogP contribution in [0.3, 0.4) is 0 Å². The Morgan fingerprint density at radius 2 is 1.77 bits per heavy atom. The Labute approximate surface area is 83.1 Å². The summed E-state index contributed by atoms with van der Waals surface area (Å²) in [6.45, 7) is 10.9. The molecule has 0 aliphatic heterocycles. The SMILES string of the molecule is CCC(CNC)(COC)C(C)(C)C. The monoisotopic (exact) mass is 187 g/mol. The van der Waals surface area contributed by atoms with Crippen LogP contribution in [-0.4, -0.2) is 27.3 Å². The van der Waals surface area contributed by atoms with E-state index in [0.29, 0.717) is 0 Å². The van der Waals surface area contributed by atoms with Crippen LogP contribution in [0.2, 0.25) is 0 Å². The lowest BCUT2D eigenvalue weighted by atomic mass is 9.65. The Hall–Kier alpha value is -0.0800. The Balaban J connectivity index is 4.64. The van der Waals surface area contributed by atoms with Gasteiger partial charge in [-0.05, 0) is 18.9 Å². The Bertz CT molecular complexity index is 132. The van der Waals surface area contributed by atoms with Crippen molar-refractivity contribution in [2.75, 3.05) is 27.3 Å². The van der Waals surface area contributed by atoms with Gasteiger partial charge >= 0.3 is 0 Å². The number of ether oxygens (including phenoxy) is 1. The molecule has 0 saturated carbocycles. The highest BCUT2D eigenvalue weighted by Gasteiger charge is 2.39. The smallest absolute Gasteiger partial charge is 0.0535 e. The summed E-state index contributed by atoms with van der Waals surface area (Å²) < 4.78 is 5.34. The van der Waals surface area contributed by atoms with Crippen molar-refractivity contribution in [3.05, 3.63) is 0 Å². The van der Waals surface area contributed by atoms with Gasteiger partial charge in [0.05, 0.1) is 6.61 Å². The molecule has 1 N–H and O–H groups in total. The molecule has 1 unspecified atom stereocenters. The molecular weight excluding hydrogens is 162 g/mol. The molecule has 2 nitrogen and oxygen atoms in total. The third kappa shape index (κ3) is 2.96. The number of nitrogens with one attached hydrogen (secondary N) is 1. The van der Waals surface area contributed by atoms with Gasteiger partial charge in [0.25, 0.3) is 0 Å². The summed E-state index contributed by atoms with van der Waals surface area (Å²) in [6.07, 6.45) is 1.14. The van der Waals surface area contributed by atoms with E-state index >= 15 is 0 Å². The Morgan fingerprint density at radius 1 is 1.23 bits per heavy atom. The highest BCUT2D eigenvalue weighted by atomic mass is 16.5. The highest BCUT2D eigenvalue weighted by molar-refractivity contribution is 4.90. The normalized spacial score (nSPS) is 17.1. The van der Waals surface area contributed by atoms with E-state index < -0.39 is 0 Å². The van der Waals surface area contributed by atoms with E-state index in [1.807, 2.05) is 7.05 Å². The van der Waals surface area contributed by atoms with Gasteiger partial charge in [-0.2, -0.15) is 0 Å². The number of hydrogen-bond donors (Lipinski definition) is 1. The van der Waals surface area contributed by atoms with Crippen molar-refractivity contribution in [1.82, 2.24) is 5.32 Å². The van der Waals surface area contributed by atoms with Crippen molar-refractivity contribution in [3.8, 4) is 0 Å². The van der Waals surface area contributed by atoms with Gasteiger partial charge in [0, 0.05) is 19.1 Å². The first-order chi connectivity index (χ1) is 5.93. The van der Waals surface area contributed by atoms with Crippen molar-refractivity contribution in [1.29, 1.82) is 0 Å². The second-order valence-corrected chi connectivity index (χ2v) is 4.85. The van der Waals surface area contributed by atoms with Crippen LogP contribution in [-0.2, 0) is 4.74 Å². The molecular formula is C11H25NO. The molecule has 13 heavy (non-hydrogen) atoms. The van der Waals surface area contributed by atoms with E-state index in [1.165, 1.54) is 0 Å². The van der Waals surface area contributed by atoms with Crippen LogP contribution in [0.1, 0.15) is 34.1 Å². The topological polar surface area (TPSA) is 21.3 Å². The summed E-state index contributed by atoms with van der Waals surface area (Å²) in [5.41, 5.74) is 0.525. The number of rotatable bonds is 5. The fourth-order valence-corrected chi connectivity index (χ4v) is 1.90. The molecule has 80 valence electrons. The predicted molar refractivity (Wildman–Crippen MR) is 58.0 cm³/mol. The molecule has 0 radical (unpaired) electrons. The lowest BCUT2D eigenvalue weighted by molar-refractivity contribution is -0.00797. The minimum absolute atomic E-state index is 0.247. The fourth-order valence-electron chi connectivity index (χ4n) is 1.90. The maximum absolute atomic E-state index is 5.34. The van der Waals surface area contributed by atoms with E-state index in [1.54, 1.807) is 7.11 Å². The first kappa shape index (κ1) is 12.9. The first-order valence-electron chi connectivity index (χ1n) is 5.07. The largest absolute Gasteiger partial charge is 0.384 e. The molecule has 0 spiro atoms. The third-order valence-corrected chi connectivity index (χ3v) is 3.20. The molecule has 0 aliphatic rings. The van der Waals surface area contributed by atoms with Crippen LogP contribution in [0.15, 0.2) is 0 Å². The third-order valence-electron chi connectivity index (χ3n) is 3.20. The van der Waals surface area contributed by atoms with Gasteiger partial charge in [0.15, 0.2) is 0 Å². The van der Waals surface area contributed by atoms with Crippen LogP contribution in [0, 0.1) is 10.8 Å². The van der Waals surface area contributed by atoms with Gasteiger partial charge in [0.2, 0.25) is 0 Å². The van der Waals surface area contributed by atoms with Crippen LogP contribution in [0.25, 0.3) is 0 Å². The van der Waals surface area contributed by atoms with E-state index in [9.17, 15) is 0 Å². The van der Waals surface area contributed by atoms with E-state index in [2.05, 4.69) is 33.0 Å². The molecule has 0 fully saturated rings. The minimum atomic E-state index is 0.247. The maximum atomic E-state index is 5.34. The van der Waals surface area contributed by atoms with Crippen LogP contribution < -0.4 is 5.32 Å². The van der Waals surface area contributed by atoms with Gasteiger partial charge in [0.1, 0.15) is 0 Å². The zero-order valence-corrected chi connectivity index (χ0v) is 10.0. The van der Waals surface area contributed by atoms with Gasteiger partial charge in [-0.3, -0.25) is 0 Å². The Kier molecular flexibility index (Phi) is 4.93. The Morgan fingerprint density at radius 3 is 2.00 bits per heavy atom. The summed E-state index contributed by atoms with van der Waals surface area (Å²) in [4.78, 5) is 0. The summed E-state index contributed by atoms with van der Waals surface area (Å²) in [5.74, 6) is 0. The minimum Gasteiger partial charge on any atom is -0.384 e. The summed E-state index contributed by atoms with van der Waals surface area (Å²) >= 11 is 0. The second-order valence-electron chi connectivity index (χ2n) is 4.85. The van der Waals surface area contributed by atoms with Gasteiger partial charge in [-0.1, -0.05) is 27.7 Å². The van der Waals surface area contributed by atoms with Crippen LogP contribution >= 0.6 is 0 Å². The van der Waals surface area contributed by atoms with Crippen molar-refractivity contribution in [3.63, 3.8) is 0 Å². The van der Waals surface area contributed by atoms with Gasteiger partial charge < -0.3 is 10.1 Å². The average molecular weight is 187 g/mol. The van der Waals surface area contributed by atoms with Gasteiger partial charge in [-0.25, -0.2) is 0 Å². The van der Waals surface area contributed by atoms with E-state index in [4.69, 9.17) is 4.74 Å². The van der Waals surface area contributed by atoms with Crippen molar-refractivity contribution < 1.29 is 4.74 Å². The van der Waals surface area contributed by atoms with Gasteiger partial charge in [-0.15, -0.1) is 0 Å². The van der Waals surface area contributed by atoms with Crippen molar-refractivity contribution >= 4 is 0 Å². The first-order valence-corrected chi connectivity index (χ1v) is 5.07. The molecule has 0 heterocycles. The predicted octanol–water partition coefficient (Wildman–Crippen LogP) is 2.29. The lowest BCUT2D eigenvalue weighted by Crippen LogP contribution is -2.46.